The van der Waals surface area contributed by atoms with Crippen LogP contribution in [0.1, 0.15) is 43.0 Å². The lowest BCUT2D eigenvalue weighted by atomic mass is 9.96. The number of ketones is 1. The molecule has 9 nitrogen and oxygen atoms in total. The van der Waals surface area contributed by atoms with Crippen LogP contribution in [0.4, 0.5) is 0 Å². The molecule has 3 N–H and O–H groups in total. The number of piperidine rings is 2. The molecule has 2 aliphatic heterocycles. The van der Waals surface area contributed by atoms with E-state index >= 15 is 0 Å². The van der Waals surface area contributed by atoms with Crippen LogP contribution in [0.2, 0.25) is 0 Å². The number of hydrogen-bond donors (Lipinski definition) is 2. The van der Waals surface area contributed by atoms with Crippen molar-refractivity contribution in [1.82, 2.24) is 14.5 Å². The van der Waals surface area contributed by atoms with Crippen molar-refractivity contribution in [2.45, 2.75) is 43.5 Å². The van der Waals surface area contributed by atoms with Gasteiger partial charge in [0, 0.05) is 43.7 Å². The normalized spacial score (nSPS) is 19.8. The second-order valence-corrected chi connectivity index (χ2v) is 10.2. The highest BCUT2D eigenvalue weighted by atomic mass is 32.2. The first-order valence-electron chi connectivity index (χ1n) is 10.6. The largest absolute Gasteiger partial charge is 0.369 e. The summed E-state index contributed by atoms with van der Waals surface area (Å²) in [6, 6.07) is 6.01. The number of nitrogens with two attached hydrogens (primary N) is 1. The number of nitrogens with zero attached hydrogens (tertiary/aromatic N) is 2. The standard InChI is InChI=1S/C21H30N4O5S/c1-15(26)16-2-4-19(5-3-16)31(29,30)25-12-6-17(7-13-25)21(28)23-18-8-10-24(11-9-18)14-20(22)27/h2-5,17-18H,6-14H2,1H3,(H2,22,27)(H,23,28). The molecule has 3 rings (SSSR count). The van der Waals surface area contributed by atoms with Crippen molar-refractivity contribution in [1.29, 1.82) is 0 Å². The molecule has 10 heteroatoms. The van der Waals surface area contributed by atoms with E-state index < -0.39 is 10.0 Å². The first-order valence-corrected chi connectivity index (χ1v) is 12.0. The van der Waals surface area contributed by atoms with Gasteiger partial charge in [-0.05, 0) is 44.7 Å². The number of benzene rings is 1. The molecule has 0 bridgehead atoms. The molecule has 0 spiro atoms. The Morgan fingerprint density at radius 1 is 1.00 bits per heavy atom. The number of carbonyl (C=O) groups is 3. The van der Waals surface area contributed by atoms with E-state index in [1.165, 1.54) is 35.5 Å². The van der Waals surface area contributed by atoms with E-state index in [4.69, 9.17) is 5.73 Å². The minimum absolute atomic E-state index is 0.0313. The summed E-state index contributed by atoms with van der Waals surface area (Å²) >= 11 is 0. The van der Waals surface area contributed by atoms with Crippen LogP contribution in [0.3, 0.4) is 0 Å². The molecule has 0 radical (unpaired) electrons. The van der Waals surface area contributed by atoms with Crippen molar-refractivity contribution in [3.8, 4) is 0 Å². The lowest BCUT2D eigenvalue weighted by Gasteiger charge is -2.34. The van der Waals surface area contributed by atoms with Crippen LogP contribution in [0, 0.1) is 5.92 Å². The molecule has 2 amide bonds. The predicted molar refractivity (Wildman–Crippen MR) is 115 cm³/mol. The van der Waals surface area contributed by atoms with Crippen LogP contribution in [0.15, 0.2) is 29.2 Å². The molecule has 1 aromatic carbocycles. The summed E-state index contributed by atoms with van der Waals surface area (Å²) in [7, 11) is -3.65. The lowest BCUT2D eigenvalue weighted by Crippen LogP contribution is -2.49. The predicted octanol–water partition coefficient (Wildman–Crippen LogP) is 0.356. The van der Waals surface area contributed by atoms with Crippen molar-refractivity contribution in [2.75, 3.05) is 32.7 Å². The van der Waals surface area contributed by atoms with E-state index in [-0.39, 0.29) is 54.1 Å². The third-order valence-corrected chi connectivity index (χ3v) is 7.95. The minimum atomic E-state index is -3.65. The first kappa shape index (κ1) is 23.4. The number of amides is 2. The molecular formula is C21H30N4O5S. The van der Waals surface area contributed by atoms with E-state index in [2.05, 4.69) is 5.32 Å². The first-order chi connectivity index (χ1) is 14.7. The number of primary amides is 1. The highest BCUT2D eigenvalue weighted by molar-refractivity contribution is 7.89. The molecule has 1 aromatic rings. The monoisotopic (exact) mass is 450 g/mol. The molecule has 2 heterocycles. The van der Waals surface area contributed by atoms with Crippen molar-refractivity contribution in [2.24, 2.45) is 11.7 Å². The topological polar surface area (TPSA) is 130 Å². The van der Waals surface area contributed by atoms with E-state index in [1.54, 1.807) is 0 Å². The highest BCUT2D eigenvalue weighted by Crippen LogP contribution is 2.25. The zero-order valence-electron chi connectivity index (χ0n) is 17.7. The van der Waals surface area contributed by atoms with E-state index in [0.29, 0.717) is 31.5 Å². The summed E-state index contributed by atoms with van der Waals surface area (Å²) in [5.74, 6) is -0.709. The van der Waals surface area contributed by atoms with Gasteiger partial charge in [0.25, 0.3) is 0 Å². The number of sulfonamides is 1. The molecule has 2 saturated heterocycles. The van der Waals surface area contributed by atoms with E-state index in [9.17, 15) is 22.8 Å². The molecule has 31 heavy (non-hydrogen) atoms. The molecule has 170 valence electrons. The average molecular weight is 451 g/mol. The van der Waals surface area contributed by atoms with Crippen molar-refractivity contribution in [3.05, 3.63) is 29.8 Å². The number of likely N-dealkylation sites (tertiary alicyclic amines) is 1. The summed E-state index contributed by atoms with van der Waals surface area (Å²) < 4.78 is 27.1. The van der Waals surface area contributed by atoms with Gasteiger partial charge in [-0.15, -0.1) is 0 Å². The van der Waals surface area contributed by atoms with Gasteiger partial charge >= 0.3 is 0 Å². The fourth-order valence-corrected chi connectivity index (χ4v) is 5.61. The molecule has 0 aliphatic carbocycles. The zero-order chi connectivity index (χ0) is 22.6. The summed E-state index contributed by atoms with van der Waals surface area (Å²) in [4.78, 5) is 37.2. The van der Waals surface area contributed by atoms with Gasteiger partial charge in [0.05, 0.1) is 11.4 Å². The Labute approximate surface area is 183 Å². The Bertz CT molecular complexity index is 916. The maximum Gasteiger partial charge on any atom is 0.243 e. The van der Waals surface area contributed by atoms with Gasteiger partial charge in [-0.1, -0.05) is 12.1 Å². The fourth-order valence-electron chi connectivity index (χ4n) is 4.14. The van der Waals surface area contributed by atoms with Gasteiger partial charge in [-0.25, -0.2) is 8.42 Å². The van der Waals surface area contributed by atoms with Gasteiger partial charge in [0.2, 0.25) is 21.8 Å². The van der Waals surface area contributed by atoms with E-state index in [1.807, 2.05) is 4.90 Å². The molecular weight excluding hydrogens is 420 g/mol. The van der Waals surface area contributed by atoms with Gasteiger partial charge in [0.15, 0.2) is 5.78 Å². The van der Waals surface area contributed by atoms with Crippen LogP contribution < -0.4 is 11.1 Å². The number of rotatable bonds is 7. The number of hydrogen-bond acceptors (Lipinski definition) is 6. The van der Waals surface area contributed by atoms with Crippen LogP contribution in [0.5, 0.6) is 0 Å². The summed E-state index contributed by atoms with van der Waals surface area (Å²) in [6.07, 6.45) is 2.47. The fraction of sp³-hybridized carbons (Fsp3) is 0.571. The van der Waals surface area contributed by atoms with Crippen LogP contribution >= 0.6 is 0 Å². The quantitative estimate of drug-likeness (QED) is 0.577. The molecule has 2 aliphatic rings. The summed E-state index contributed by atoms with van der Waals surface area (Å²) in [5, 5.41) is 3.08. The Morgan fingerprint density at radius 2 is 1.58 bits per heavy atom. The van der Waals surface area contributed by atoms with Crippen molar-refractivity contribution >= 4 is 27.6 Å². The second kappa shape index (κ2) is 9.88. The lowest BCUT2D eigenvalue weighted by molar-refractivity contribution is -0.127. The van der Waals surface area contributed by atoms with Crippen molar-refractivity contribution in [3.63, 3.8) is 0 Å². The van der Waals surface area contributed by atoms with Crippen LogP contribution in [0.25, 0.3) is 0 Å². The van der Waals surface area contributed by atoms with Gasteiger partial charge in [-0.2, -0.15) is 4.31 Å². The molecule has 2 fully saturated rings. The smallest absolute Gasteiger partial charge is 0.243 e. The SMILES string of the molecule is CC(=O)c1ccc(S(=O)(=O)N2CCC(C(=O)NC3CCN(CC(N)=O)CC3)CC2)cc1. The summed E-state index contributed by atoms with van der Waals surface area (Å²) in [5.41, 5.74) is 5.69. The van der Waals surface area contributed by atoms with Crippen molar-refractivity contribution < 1.29 is 22.8 Å². The Hall–Kier alpha value is -2.30. The van der Waals surface area contributed by atoms with Crippen LogP contribution in [-0.2, 0) is 19.6 Å². The second-order valence-electron chi connectivity index (χ2n) is 8.28. The Morgan fingerprint density at radius 3 is 2.10 bits per heavy atom. The average Bonchev–Trinajstić information content (AvgIpc) is 2.75. The van der Waals surface area contributed by atoms with Gasteiger partial charge in [0.1, 0.15) is 0 Å². The van der Waals surface area contributed by atoms with Crippen LogP contribution in [-0.4, -0.2) is 74.0 Å². The number of nitrogens with one attached hydrogen (secondary N) is 1. The summed E-state index contributed by atoms with van der Waals surface area (Å²) in [6.45, 7) is 3.67. The zero-order valence-corrected chi connectivity index (χ0v) is 18.6. The Kier molecular flexibility index (Phi) is 7.45. The van der Waals surface area contributed by atoms with E-state index in [0.717, 1.165) is 12.8 Å². The molecule has 0 unspecified atom stereocenters. The maximum atomic E-state index is 12.9. The minimum Gasteiger partial charge on any atom is -0.369 e. The Balaban J connectivity index is 1.49. The molecule has 0 atom stereocenters. The van der Waals surface area contributed by atoms with Gasteiger partial charge < -0.3 is 11.1 Å². The van der Waals surface area contributed by atoms with Gasteiger partial charge in [-0.3, -0.25) is 19.3 Å². The molecule has 0 aromatic heterocycles. The maximum absolute atomic E-state index is 12.9. The third kappa shape index (κ3) is 5.90. The highest BCUT2D eigenvalue weighted by Gasteiger charge is 2.33. The third-order valence-electron chi connectivity index (χ3n) is 6.04. The number of Topliss-reactive ketones (excluding diaryl/α,β-unsaturated/α-hetero) is 1. The number of carbonyl (C=O) groups excluding carboxylic acids is 3. The molecule has 0 saturated carbocycles.